The Kier molecular flexibility index (Phi) is 5.16. The van der Waals surface area contributed by atoms with Gasteiger partial charge in [-0.15, -0.1) is 0 Å². The summed E-state index contributed by atoms with van der Waals surface area (Å²) in [5.41, 5.74) is 9.91. The monoisotopic (exact) mass is 323 g/mol. The first-order valence-electron chi connectivity index (χ1n) is 8.56. The summed E-state index contributed by atoms with van der Waals surface area (Å²) in [6.07, 6.45) is 3.37. The highest BCUT2D eigenvalue weighted by atomic mass is 16.1. The molecule has 4 heteroatoms. The highest BCUT2D eigenvalue weighted by molar-refractivity contribution is 5.73. The van der Waals surface area contributed by atoms with Gasteiger partial charge in [-0.1, -0.05) is 42.0 Å². The van der Waals surface area contributed by atoms with Gasteiger partial charge in [-0.3, -0.25) is 4.90 Å². The quantitative estimate of drug-likeness (QED) is 0.632. The first kappa shape index (κ1) is 16.5. The van der Waals surface area contributed by atoms with Crippen molar-refractivity contribution in [2.45, 2.75) is 31.8 Å². The molecule has 0 aromatic heterocycles. The lowest BCUT2D eigenvalue weighted by Gasteiger charge is -2.33. The van der Waals surface area contributed by atoms with Gasteiger partial charge in [-0.2, -0.15) is 0 Å². The number of anilines is 2. The lowest BCUT2D eigenvalue weighted by Crippen LogP contribution is -2.40. The van der Waals surface area contributed by atoms with Crippen LogP contribution < -0.4 is 11.1 Å². The number of nitrogens with one attached hydrogen (secondary N) is 1. The number of aryl methyl sites for hydroxylation is 1. The fourth-order valence-corrected chi connectivity index (χ4v) is 3.42. The number of nitrogens with zero attached hydrogens (tertiary/aromatic N) is 1. The molecular weight excluding hydrogens is 298 g/mol. The topological polar surface area (TPSA) is 58.4 Å². The van der Waals surface area contributed by atoms with Gasteiger partial charge in [0.2, 0.25) is 0 Å². The van der Waals surface area contributed by atoms with Crippen molar-refractivity contribution in [2.24, 2.45) is 0 Å². The van der Waals surface area contributed by atoms with Crippen LogP contribution in [0.3, 0.4) is 0 Å². The maximum atomic E-state index is 11.9. The zero-order valence-electron chi connectivity index (χ0n) is 14.1. The number of aldehydes is 1. The van der Waals surface area contributed by atoms with Crippen LogP contribution in [0, 0.1) is 6.92 Å². The molecule has 1 aliphatic heterocycles. The number of likely N-dealkylation sites (tertiary alicyclic amines) is 1. The van der Waals surface area contributed by atoms with Crippen LogP contribution in [0.4, 0.5) is 11.4 Å². The summed E-state index contributed by atoms with van der Waals surface area (Å²) in [5, 5.41) is 3.35. The number of nitrogen functional groups attached to an aromatic ring is 1. The molecule has 24 heavy (non-hydrogen) atoms. The molecule has 4 nitrogen and oxygen atoms in total. The third-order valence-corrected chi connectivity index (χ3v) is 4.72. The molecule has 0 bridgehead atoms. The Morgan fingerprint density at radius 3 is 2.38 bits per heavy atom. The molecule has 2 unspecified atom stereocenters. The number of carbonyl (C=O) groups excluding carboxylic acids is 1. The number of benzene rings is 2. The molecule has 126 valence electrons. The van der Waals surface area contributed by atoms with Crippen molar-refractivity contribution >= 4 is 17.7 Å². The molecule has 1 aliphatic rings. The first-order chi connectivity index (χ1) is 11.7. The number of hydrogen-bond donors (Lipinski definition) is 2. The van der Waals surface area contributed by atoms with Gasteiger partial charge in [0.1, 0.15) is 12.3 Å². The van der Waals surface area contributed by atoms with Gasteiger partial charge < -0.3 is 15.8 Å². The minimum Gasteiger partial charge on any atom is -0.397 e. The summed E-state index contributed by atoms with van der Waals surface area (Å²) in [6.45, 7) is 4.12. The maximum Gasteiger partial charge on any atom is 0.144 e. The summed E-state index contributed by atoms with van der Waals surface area (Å²) in [7, 11) is 0. The molecule has 1 fully saturated rings. The number of hydrogen-bond acceptors (Lipinski definition) is 4. The van der Waals surface area contributed by atoms with Gasteiger partial charge in [0, 0.05) is 0 Å². The average Bonchev–Trinajstić information content (AvgIpc) is 3.12. The molecule has 1 saturated heterocycles. The zero-order valence-corrected chi connectivity index (χ0v) is 14.1. The van der Waals surface area contributed by atoms with Crippen LogP contribution in [0.2, 0.25) is 0 Å². The Labute approximate surface area is 143 Å². The van der Waals surface area contributed by atoms with Crippen LogP contribution in [-0.2, 0) is 4.79 Å². The molecule has 0 saturated carbocycles. The van der Waals surface area contributed by atoms with Crippen LogP contribution in [-0.4, -0.2) is 30.3 Å². The lowest BCUT2D eigenvalue weighted by atomic mass is 9.97. The highest BCUT2D eigenvalue weighted by Gasteiger charge is 2.31. The van der Waals surface area contributed by atoms with Gasteiger partial charge in [0.25, 0.3) is 0 Å². The second-order valence-corrected chi connectivity index (χ2v) is 6.49. The summed E-state index contributed by atoms with van der Waals surface area (Å²) < 4.78 is 0. The predicted molar refractivity (Wildman–Crippen MR) is 99.1 cm³/mol. The molecule has 3 rings (SSSR count). The zero-order chi connectivity index (χ0) is 16.9. The average molecular weight is 323 g/mol. The molecule has 1 heterocycles. The summed E-state index contributed by atoms with van der Waals surface area (Å²) in [5.74, 6) is 0. The fourth-order valence-electron chi connectivity index (χ4n) is 3.42. The predicted octanol–water partition coefficient (Wildman–Crippen LogP) is 3.39. The molecule has 0 radical (unpaired) electrons. The Bertz CT molecular complexity index is 678. The third kappa shape index (κ3) is 3.60. The number of rotatable bonds is 6. The maximum absolute atomic E-state index is 11.9. The fraction of sp³-hybridized carbons (Fsp3) is 0.350. The van der Waals surface area contributed by atoms with Crippen molar-refractivity contribution < 1.29 is 4.79 Å². The Morgan fingerprint density at radius 2 is 1.75 bits per heavy atom. The number of para-hydroxylation sites is 2. The molecule has 0 spiro atoms. The normalized spacial score (nSPS) is 17.4. The smallest absolute Gasteiger partial charge is 0.144 e. The second-order valence-electron chi connectivity index (χ2n) is 6.49. The van der Waals surface area contributed by atoms with Gasteiger partial charge in [0.15, 0.2) is 0 Å². The van der Waals surface area contributed by atoms with E-state index >= 15 is 0 Å². The summed E-state index contributed by atoms with van der Waals surface area (Å²) >= 11 is 0. The van der Waals surface area contributed by atoms with E-state index in [0.717, 1.165) is 25.1 Å². The summed E-state index contributed by atoms with van der Waals surface area (Å²) in [6, 6.07) is 15.7. The van der Waals surface area contributed by atoms with Gasteiger partial charge in [-0.25, -0.2) is 0 Å². The van der Waals surface area contributed by atoms with Gasteiger partial charge >= 0.3 is 0 Å². The van der Waals surface area contributed by atoms with Crippen LogP contribution in [0.1, 0.15) is 30.0 Å². The van der Waals surface area contributed by atoms with Crippen molar-refractivity contribution in [3.05, 3.63) is 59.7 Å². The van der Waals surface area contributed by atoms with E-state index in [1.54, 1.807) is 0 Å². The van der Waals surface area contributed by atoms with Gasteiger partial charge in [-0.05, 0) is 50.6 Å². The molecule has 2 aromatic carbocycles. The Balaban J connectivity index is 1.91. The molecule has 0 aliphatic carbocycles. The van der Waals surface area contributed by atoms with E-state index in [0.29, 0.717) is 5.69 Å². The standard InChI is InChI=1S/C20H25N3O/c1-15-8-10-16(11-9-15)20(23-12-4-5-13-23)19(14-24)22-18-7-3-2-6-17(18)21/h2-3,6-11,14,19-20,22H,4-5,12-13,21H2,1H3. The van der Waals surface area contributed by atoms with Crippen LogP contribution >= 0.6 is 0 Å². The van der Waals surface area contributed by atoms with E-state index in [1.165, 1.54) is 24.0 Å². The van der Waals surface area contributed by atoms with Crippen LogP contribution in [0.25, 0.3) is 0 Å². The van der Waals surface area contributed by atoms with Crippen LogP contribution in [0.15, 0.2) is 48.5 Å². The number of nitrogens with two attached hydrogens (primary N) is 1. The van der Waals surface area contributed by atoms with Crippen molar-refractivity contribution in [1.29, 1.82) is 0 Å². The number of carbonyl (C=O) groups is 1. The van der Waals surface area contributed by atoms with E-state index in [4.69, 9.17) is 5.73 Å². The largest absolute Gasteiger partial charge is 0.397 e. The SMILES string of the molecule is Cc1ccc(C(C(C=O)Nc2ccccc2N)N2CCCC2)cc1. The Hall–Kier alpha value is -2.33. The summed E-state index contributed by atoms with van der Waals surface area (Å²) in [4.78, 5) is 14.3. The minimum absolute atomic E-state index is 0.0187. The van der Waals surface area contributed by atoms with E-state index in [1.807, 2.05) is 24.3 Å². The Morgan fingerprint density at radius 1 is 1.08 bits per heavy atom. The van der Waals surface area contributed by atoms with Crippen molar-refractivity contribution in [1.82, 2.24) is 4.90 Å². The lowest BCUT2D eigenvalue weighted by molar-refractivity contribution is -0.109. The van der Waals surface area contributed by atoms with E-state index < -0.39 is 0 Å². The first-order valence-corrected chi connectivity index (χ1v) is 8.56. The second kappa shape index (κ2) is 7.49. The van der Waals surface area contributed by atoms with E-state index in [9.17, 15) is 4.79 Å². The van der Waals surface area contributed by atoms with E-state index in [-0.39, 0.29) is 12.1 Å². The molecule has 2 atom stereocenters. The van der Waals surface area contributed by atoms with Crippen molar-refractivity contribution in [2.75, 3.05) is 24.1 Å². The highest BCUT2D eigenvalue weighted by Crippen LogP contribution is 2.30. The van der Waals surface area contributed by atoms with Gasteiger partial charge in [0.05, 0.1) is 17.4 Å². The molecule has 3 N–H and O–H groups in total. The van der Waals surface area contributed by atoms with Crippen molar-refractivity contribution in [3.63, 3.8) is 0 Å². The molecule has 2 aromatic rings. The molecule has 0 amide bonds. The molecular formula is C20H25N3O. The van der Waals surface area contributed by atoms with Crippen molar-refractivity contribution in [3.8, 4) is 0 Å². The minimum atomic E-state index is -0.337. The van der Waals surface area contributed by atoms with Crippen LogP contribution in [0.5, 0.6) is 0 Å². The van der Waals surface area contributed by atoms with E-state index in [2.05, 4.69) is 41.4 Å². The third-order valence-electron chi connectivity index (χ3n) is 4.72.